The van der Waals surface area contributed by atoms with Crippen LogP contribution in [0.5, 0.6) is 5.75 Å². The van der Waals surface area contributed by atoms with E-state index in [0.29, 0.717) is 11.3 Å². The maximum atomic E-state index is 13.0. The standard InChI is InChI=1S/C23H21N3O4/c1-23(17-10-6-11-18(14-17)30-2)21(28)26(22(29)24-23)25-20(27)13-16-9-5-8-15-7-3-4-12-19(15)16/h3-12,14H,13H2,1-2H3,(H,24,29)(H,25,27). The molecule has 1 saturated heterocycles. The molecule has 0 spiro atoms. The third kappa shape index (κ3) is 3.34. The summed E-state index contributed by atoms with van der Waals surface area (Å²) in [5.41, 5.74) is 2.51. The average molecular weight is 403 g/mol. The lowest BCUT2D eigenvalue weighted by molar-refractivity contribution is -0.138. The normalized spacial score (nSPS) is 18.4. The van der Waals surface area contributed by atoms with Crippen molar-refractivity contribution in [3.63, 3.8) is 0 Å². The van der Waals surface area contributed by atoms with Crippen molar-refractivity contribution in [2.24, 2.45) is 0 Å². The fraction of sp³-hybridized carbons (Fsp3) is 0.174. The molecule has 2 N–H and O–H groups in total. The number of hydrogen-bond donors (Lipinski definition) is 2. The van der Waals surface area contributed by atoms with Crippen LogP contribution in [0.1, 0.15) is 18.1 Å². The second-order valence-electron chi connectivity index (χ2n) is 7.28. The Bertz CT molecular complexity index is 1150. The number of hydrazine groups is 1. The highest BCUT2D eigenvalue weighted by molar-refractivity contribution is 6.08. The van der Waals surface area contributed by atoms with Gasteiger partial charge in [-0.3, -0.25) is 15.0 Å². The van der Waals surface area contributed by atoms with E-state index < -0.39 is 23.4 Å². The molecule has 152 valence electrons. The number of urea groups is 1. The van der Waals surface area contributed by atoms with Crippen LogP contribution >= 0.6 is 0 Å². The molecule has 0 bridgehead atoms. The summed E-state index contributed by atoms with van der Waals surface area (Å²) in [5.74, 6) is -0.453. The number of nitrogens with one attached hydrogen (secondary N) is 2. The summed E-state index contributed by atoms with van der Waals surface area (Å²) in [7, 11) is 1.52. The van der Waals surface area contributed by atoms with Gasteiger partial charge in [0.15, 0.2) is 0 Å². The van der Waals surface area contributed by atoms with Crippen molar-refractivity contribution in [1.29, 1.82) is 0 Å². The SMILES string of the molecule is COc1cccc(C2(C)NC(=O)N(NC(=O)Cc3cccc4ccccc34)C2=O)c1. The van der Waals surface area contributed by atoms with Gasteiger partial charge in [-0.25, -0.2) is 4.79 Å². The zero-order valence-electron chi connectivity index (χ0n) is 16.6. The number of methoxy groups -OCH3 is 1. The number of amides is 4. The number of carbonyl (C=O) groups is 3. The van der Waals surface area contributed by atoms with Crippen LogP contribution in [-0.4, -0.2) is 30.0 Å². The molecule has 1 heterocycles. The van der Waals surface area contributed by atoms with Crippen molar-refractivity contribution >= 4 is 28.6 Å². The largest absolute Gasteiger partial charge is 0.497 e. The van der Waals surface area contributed by atoms with E-state index in [1.54, 1.807) is 31.2 Å². The molecule has 0 saturated carbocycles. The molecular formula is C23H21N3O4. The maximum Gasteiger partial charge on any atom is 0.344 e. The van der Waals surface area contributed by atoms with E-state index in [2.05, 4.69) is 10.7 Å². The Labute approximate surface area is 173 Å². The van der Waals surface area contributed by atoms with Crippen LogP contribution in [0.15, 0.2) is 66.7 Å². The summed E-state index contributed by atoms with van der Waals surface area (Å²) in [6, 6.07) is 19.6. The van der Waals surface area contributed by atoms with Crippen LogP contribution in [0.25, 0.3) is 10.8 Å². The topological polar surface area (TPSA) is 87.7 Å². The number of fused-ring (bicyclic) bond motifs is 1. The number of rotatable bonds is 5. The van der Waals surface area contributed by atoms with E-state index in [1.165, 1.54) is 7.11 Å². The fourth-order valence-electron chi connectivity index (χ4n) is 3.65. The highest BCUT2D eigenvalue weighted by atomic mass is 16.5. The van der Waals surface area contributed by atoms with Gasteiger partial charge < -0.3 is 10.1 Å². The van der Waals surface area contributed by atoms with E-state index in [1.807, 2.05) is 42.5 Å². The molecule has 1 aliphatic rings. The molecular weight excluding hydrogens is 382 g/mol. The molecule has 0 aromatic heterocycles. The van der Waals surface area contributed by atoms with Crippen molar-refractivity contribution in [2.45, 2.75) is 18.9 Å². The van der Waals surface area contributed by atoms with E-state index in [-0.39, 0.29) is 6.42 Å². The van der Waals surface area contributed by atoms with Crippen LogP contribution in [0, 0.1) is 0 Å². The predicted octanol–water partition coefficient (Wildman–Crippen LogP) is 2.89. The number of imide groups is 1. The van der Waals surface area contributed by atoms with Crippen molar-refractivity contribution < 1.29 is 19.1 Å². The van der Waals surface area contributed by atoms with E-state index >= 15 is 0 Å². The Morgan fingerprint density at radius 1 is 1.07 bits per heavy atom. The molecule has 3 aromatic carbocycles. The van der Waals surface area contributed by atoms with E-state index in [0.717, 1.165) is 21.3 Å². The minimum absolute atomic E-state index is 0.0360. The molecule has 7 nitrogen and oxygen atoms in total. The first kappa shape index (κ1) is 19.4. The summed E-state index contributed by atoms with van der Waals surface area (Å²) in [4.78, 5) is 38.1. The summed E-state index contributed by atoms with van der Waals surface area (Å²) < 4.78 is 5.21. The van der Waals surface area contributed by atoms with Gasteiger partial charge >= 0.3 is 6.03 Å². The van der Waals surface area contributed by atoms with Gasteiger partial charge in [0.2, 0.25) is 5.91 Å². The second kappa shape index (κ2) is 7.51. The Balaban J connectivity index is 1.54. The van der Waals surface area contributed by atoms with Gasteiger partial charge in [0, 0.05) is 0 Å². The zero-order chi connectivity index (χ0) is 21.3. The Hall–Kier alpha value is -3.87. The van der Waals surface area contributed by atoms with Gasteiger partial charge in [-0.2, -0.15) is 5.01 Å². The number of benzene rings is 3. The summed E-state index contributed by atoms with van der Waals surface area (Å²) in [6.07, 6.45) is 0.0360. The van der Waals surface area contributed by atoms with Crippen LogP contribution < -0.4 is 15.5 Å². The summed E-state index contributed by atoms with van der Waals surface area (Å²) in [6.45, 7) is 1.60. The molecule has 30 heavy (non-hydrogen) atoms. The minimum atomic E-state index is -1.31. The Morgan fingerprint density at radius 2 is 1.80 bits per heavy atom. The minimum Gasteiger partial charge on any atom is -0.497 e. The third-order valence-electron chi connectivity index (χ3n) is 5.31. The van der Waals surface area contributed by atoms with Gasteiger partial charge in [-0.1, -0.05) is 54.6 Å². The van der Waals surface area contributed by atoms with Crippen molar-refractivity contribution in [1.82, 2.24) is 15.8 Å². The van der Waals surface area contributed by atoms with Crippen LogP contribution in [0.4, 0.5) is 4.79 Å². The van der Waals surface area contributed by atoms with Crippen LogP contribution in [0.2, 0.25) is 0 Å². The average Bonchev–Trinajstić information content (AvgIpc) is 2.98. The van der Waals surface area contributed by atoms with E-state index in [9.17, 15) is 14.4 Å². The molecule has 1 atom stereocenters. The zero-order valence-corrected chi connectivity index (χ0v) is 16.6. The van der Waals surface area contributed by atoms with Gasteiger partial charge in [0.25, 0.3) is 5.91 Å². The van der Waals surface area contributed by atoms with Crippen LogP contribution in [-0.2, 0) is 21.5 Å². The van der Waals surface area contributed by atoms with E-state index in [4.69, 9.17) is 4.74 Å². The molecule has 4 amide bonds. The molecule has 1 fully saturated rings. The number of hydrogen-bond acceptors (Lipinski definition) is 4. The van der Waals surface area contributed by atoms with Gasteiger partial charge in [-0.15, -0.1) is 0 Å². The second-order valence-corrected chi connectivity index (χ2v) is 7.28. The fourth-order valence-corrected chi connectivity index (χ4v) is 3.65. The maximum absolute atomic E-state index is 13.0. The molecule has 3 aromatic rings. The first-order chi connectivity index (χ1) is 14.4. The van der Waals surface area contributed by atoms with Crippen molar-refractivity contribution in [2.75, 3.05) is 7.11 Å². The summed E-state index contributed by atoms with van der Waals surface area (Å²) in [5, 5.41) is 5.38. The van der Waals surface area contributed by atoms with Gasteiger partial charge in [-0.05, 0) is 41.0 Å². The monoisotopic (exact) mass is 403 g/mol. The first-order valence-electron chi connectivity index (χ1n) is 9.50. The Morgan fingerprint density at radius 3 is 2.60 bits per heavy atom. The quantitative estimate of drug-likeness (QED) is 0.642. The molecule has 4 rings (SSSR count). The summed E-state index contributed by atoms with van der Waals surface area (Å²) >= 11 is 0. The van der Waals surface area contributed by atoms with Gasteiger partial charge in [0.1, 0.15) is 11.3 Å². The molecule has 1 aliphatic heterocycles. The first-order valence-corrected chi connectivity index (χ1v) is 9.50. The molecule has 0 aliphatic carbocycles. The number of carbonyl (C=O) groups excluding carboxylic acids is 3. The van der Waals surface area contributed by atoms with Gasteiger partial charge in [0.05, 0.1) is 13.5 Å². The lowest BCUT2D eigenvalue weighted by Crippen LogP contribution is -2.48. The molecule has 1 unspecified atom stereocenters. The third-order valence-corrected chi connectivity index (χ3v) is 5.31. The highest BCUT2D eigenvalue weighted by Gasteiger charge is 2.50. The number of nitrogens with zero attached hydrogens (tertiary/aromatic N) is 1. The van der Waals surface area contributed by atoms with Crippen molar-refractivity contribution in [3.05, 3.63) is 77.9 Å². The molecule has 7 heteroatoms. The lowest BCUT2D eigenvalue weighted by atomic mass is 9.92. The highest BCUT2D eigenvalue weighted by Crippen LogP contribution is 2.30. The molecule has 0 radical (unpaired) electrons. The smallest absolute Gasteiger partial charge is 0.344 e. The predicted molar refractivity (Wildman–Crippen MR) is 112 cm³/mol. The Kier molecular flexibility index (Phi) is 4.87. The van der Waals surface area contributed by atoms with Crippen LogP contribution in [0.3, 0.4) is 0 Å². The number of ether oxygens (including phenoxy) is 1. The lowest BCUT2D eigenvalue weighted by Gasteiger charge is -2.22. The van der Waals surface area contributed by atoms with Crippen molar-refractivity contribution in [3.8, 4) is 5.75 Å².